The van der Waals surface area contributed by atoms with E-state index in [4.69, 9.17) is 10.3 Å². The summed E-state index contributed by atoms with van der Waals surface area (Å²) in [7, 11) is 0. The van der Waals surface area contributed by atoms with E-state index in [1.165, 1.54) is 0 Å². The highest BCUT2D eigenvalue weighted by molar-refractivity contribution is 5.93. The van der Waals surface area contributed by atoms with Crippen LogP contribution in [0.2, 0.25) is 0 Å². The highest BCUT2D eigenvalue weighted by atomic mass is 16.5. The van der Waals surface area contributed by atoms with E-state index < -0.39 is 0 Å². The largest absolute Gasteiger partial charge is 0.493 e. The van der Waals surface area contributed by atoms with Crippen molar-refractivity contribution in [3.63, 3.8) is 0 Å². The van der Waals surface area contributed by atoms with Gasteiger partial charge in [0.25, 0.3) is 0 Å². The Bertz CT molecular complexity index is 643. The molecule has 4 heteroatoms. The van der Waals surface area contributed by atoms with Gasteiger partial charge in [-0.25, -0.2) is 0 Å². The van der Waals surface area contributed by atoms with E-state index >= 15 is 0 Å². The van der Waals surface area contributed by atoms with Gasteiger partial charge in [0.05, 0.1) is 6.61 Å². The monoisotopic (exact) mass is 253 g/mol. The number of benzene rings is 2. The van der Waals surface area contributed by atoms with Gasteiger partial charge in [-0.2, -0.15) is 0 Å². The molecule has 0 aromatic heterocycles. The van der Waals surface area contributed by atoms with Gasteiger partial charge in [0.15, 0.2) is 0 Å². The lowest BCUT2D eigenvalue weighted by Crippen LogP contribution is -1.94. The quantitative estimate of drug-likeness (QED) is 0.437. The van der Waals surface area contributed by atoms with Crippen LogP contribution in [0.5, 0.6) is 5.75 Å². The molecule has 0 radical (unpaired) electrons. The minimum atomic E-state index is 0.339. The molecule has 4 nitrogen and oxygen atoms in total. The summed E-state index contributed by atoms with van der Waals surface area (Å²) in [5.41, 5.74) is 9.30. The van der Waals surface area contributed by atoms with Gasteiger partial charge < -0.3 is 4.74 Å². The Morgan fingerprint density at radius 2 is 2.11 bits per heavy atom. The van der Waals surface area contributed by atoms with Crippen LogP contribution < -0.4 is 4.74 Å². The number of rotatable bonds is 5. The van der Waals surface area contributed by atoms with Crippen LogP contribution in [0.15, 0.2) is 47.6 Å². The summed E-state index contributed by atoms with van der Waals surface area (Å²) >= 11 is 0. The van der Waals surface area contributed by atoms with E-state index in [1.807, 2.05) is 43.3 Å². The van der Waals surface area contributed by atoms with E-state index in [-0.39, 0.29) is 0 Å². The third-order valence-electron chi connectivity index (χ3n) is 2.77. The summed E-state index contributed by atoms with van der Waals surface area (Å²) in [6.45, 7) is 2.92. The van der Waals surface area contributed by atoms with E-state index in [1.54, 1.807) is 0 Å². The SMILES string of the molecule is CCOc1ccc2ccccc2c1C=CCN=[N+]=[N-]. The molecule has 19 heavy (non-hydrogen) atoms. The maximum absolute atomic E-state index is 8.27. The molecule has 0 bridgehead atoms. The van der Waals surface area contributed by atoms with Crippen LogP contribution in [0.1, 0.15) is 12.5 Å². The highest BCUT2D eigenvalue weighted by Crippen LogP contribution is 2.29. The van der Waals surface area contributed by atoms with Crippen molar-refractivity contribution in [1.82, 2.24) is 0 Å². The maximum Gasteiger partial charge on any atom is 0.127 e. The predicted octanol–water partition coefficient (Wildman–Crippen LogP) is 4.56. The average Bonchev–Trinajstić information content (AvgIpc) is 2.45. The van der Waals surface area contributed by atoms with Crippen molar-refractivity contribution in [2.75, 3.05) is 13.2 Å². The fourth-order valence-electron chi connectivity index (χ4n) is 1.98. The first-order valence-electron chi connectivity index (χ1n) is 6.18. The predicted molar refractivity (Wildman–Crippen MR) is 78.2 cm³/mol. The summed E-state index contributed by atoms with van der Waals surface area (Å²) in [5, 5.41) is 5.79. The summed E-state index contributed by atoms with van der Waals surface area (Å²) in [6.07, 6.45) is 3.78. The third-order valence-corrected chi connectivity index (χ3v) is 2.77. The molecule has 96 valence electrons. The van der Waals surface area contributed by atoms with Gasteiger partial charge in [-0.15, -0.1) is 0 Å². The molecule has 0 aliphatic rings. The highest BCUT2D eigenvalue weighted by Gasteiger charge is 2.05. The van der Waals surface area contributed by atoms with Crippen LogP contribution in [0.3, 0.4) is 0 Å². The molecule has 2 aromatic carbocycles. The number of nitrogens with zero attached hydrogens (tertiary/aromatic N) is 3. The fraction of sp³-hybridized carbons (Fsp3) is 0.200. The summed E-state index contributed by atoms with van der Waals surface area (Å²) in [4.78, 5) is 2.73. The number of hydrogen-bond acceptors (Lipinski definition) is 2. The zero-order valence-electron chi connectivity index (χ0n) is 10.8. The molecule has 0 aliphatic heterocycles. The lowest BCUT2D eigenvalue weighted by Gasteiger charge is -2.10. The lowest BCUT2D eigenvalue weighted by molar-refractivity contribution is 0.340. The molecule has 0 N–H and O–H groups in total. The second-order valence-corrected chi connectivity index (χ2v) is 3.95. The normalized spacial score (nSPS) is 10.6. The molecule has 2 aromatic rings. The van der Waals surface area contributed by atoms with Gasteiger partial charge in [0, 0.05) is 17.0 Å². The summed E-state index contributed by atoms with van der Waals surface area (Å²) in [6, 6.07) is 12.2. The van der Waals surface area contributed by atoms with E-state index in [0.717, 1.165) is 22.1 Å². The van der Waals surface area contributed by atoms with E-state index in [9.17, 15) is 0 Å². The van der Waals surface area contributed by atoms with Gasteiger partial charge in [-0.3, -0.25) is 0 Å². The number of ether oxygens (including phenoxy) is 1. The zero-order chi connectivity index (χ0) is 13.5. The molecule has 0 heterocycles. The van der Waals surface area contributed by atoms with Gasteiger partial charge in [0.2, 0.25) is 0 Å². The molecular weight excluding hydrogens is 238 g/mol. The molecule has 0 saturated carbocycles. The zero-order valence-corrected chi connectivity index (χ0v) is 10.8. The molecule has 0 spiro atoms. The van der Waals surface area contributed by atoms with Crippen molar-refractivity contribution < 1.29 is 4.74 Å². The maximum atomic E-state index is 8.27. The molecular formula is C15H15N3O. The van der Waals surface area contributed by atoms with Crippen LogP contribution in [0.25, 0.3) is 27.3 Å². The second-order valence-electron chi connectivity index (χ2n) is 3.95. The minimum absolute atomic E-state index is 0.339. The van der Waals surface area contributed by atoms with Crippen LogP contribution in [0, 0.1) is 0 Å². The first-order chi connectivity index (χ1) is 9.36. The van der Waals surface area contributed by atoms with Crippen molar-refractivity contribution in [3.05, 3.63) is 58.5 Å². The Morgan fingerprint density at radius 3 is 2.89 bits per heavy atom. The third kappa shape index (κ3) is 3.06. The molecule has 0 aliphatic carbocycles. The summed E-state index contributed by atoms with van der Waals surface area (Å²) < 4.78 is 5.65. The molecule has 0 saturated heterocycles. The van der Waals surface area contributed by atoms with Gasteiger partial charge in [-0.1, -0.05) is 47.6 Å². The van der Waals surface area contributed by atoms with Crippen LogP contribution in [-0.4, -0.2) is 13.2 Å². The van der Waals surface area contributed by atoms with Crippen molar-refractivity contribution in [2.24, 2.45) is 5.11 Å². The Balaban J connectivity index is 2.48. The van der Waals surface area contributed by atoms with Crippen molar-refractivity contribution in [3.8, 4) is 5.75 Å². The Labute approximate surface area is 111 Å². The van der Waals surface area contributed by atoms with Gasteiger partial charge in [-0.05, 0) is 29.3 Å². The molecule has 0 fully saturated rings. The molecule has 0 atom stereocenters. The molecule has 2 rings (SSSR count). The Morgan fingerprint density at radius 1 is 1.26 bits per heavy atom. The van der Waals surface area contributed by atoms with Crippen molar-refractivity contribution in [1.29, 1.82) is 0 Å². The van der Waals surface area contributed by atoms with E-state index in [0.29, 0.717) is 13.2 Å². The Hall–Kier alpha value is -2.45. The standard InChI is InChI=1S/C15H15N3O/c1-2-19-15-10-9-12-6-3-4-7-13(12)14(15)8-5-11-17-18-16/h3-10H,2,11H2,1H3. The first kappa shape index (κ1) is 13.0. The fourth-order valence-corrected chi connectivity index (χ4v) is 1.98. The number of azide groups is 1. The average molecular weight is 253 g/mol. The van der Waals surface area contributed by atoms with Crippen LogP contribution in [-0.2, 0) is 0 Å². The smallest absolute Gasteiger partial charge is 0.127 e. The molecule has 0 unspecified atom stereocenters. The van der Waals surface area contributed by atoms with Gasteiger partial charge in [0.1, 0.15) is 5.75 Å². The van der Waals surface area contributed by atoms with Crippen molar-refractivity contribution >= 4 is 16.8 Å². The van der Waals surface area contributed by atoms with E-state index in [2.05, 4.69) is 22.2 Å². The Kier molecular flexibility index (Phi) is 4.43. The molecule has 0 amide bonds. The minimum Gasteiger partial charge on any atom is -0.493 e. The van der Waals surface area contributed by atoms with Crippen LogP contribution in [0.4, 0.5) is 0 Å². The number of fused-ring (bicyclic) bond motifs is 1. The second kappa shape index (κ2) is 6.47. The summed E-state index contributed by atoms with van der Waals surface area (Å²) in [5.74, 6) is 0.846. The van der Waals surface area contributed by atoms with Crippen LogP contribution >= 0.6 is 0 Å². The van der Waals surface area contributed by atoms with Crippen molar-refractivity contribution in [2.45, 2.75) is 6.92 Å². The topological polar surface area (TPSA) is 58.0 Å². The number of hydrogen-bond donors (Lipinski definition) is 0. The first-order valence-corrected chi connectivity index (χ1v) is 6.18. The lowest BCUT2D eigenvalue weighted by atomic mass is 10.0. The van der Waals surface area contributed by atoms with Gasteiger partial charge >= 0.3 is 0 Å².